The van der Waals surface area contributed by atoms with Crippen LogP contribution in [0.5, 0.6) is 5.75 Å². The number of methoxy groups -OCH3 is 1. The molecule has 8 heteroatoms. The van der Waals surface area contributed by atoms with Crippen LogP contribution in [0.3, 0.4) is 0 Å². The second-order valence-electron chi connectivity index (χ2n) is 5.80. The number of amides is 2. The highest BCUT2D eigenvalue weighted by molar-refractivity contribution is 6.35. The second kappa shape index (κ2) is 9.43. The van der Waals surface area contributed by atoms with Gasteiger partial charge in [-0.2, -0.15) is 0 Å². The van der Waals surface area contributed by atoms with Gasteiger partial charge in [0.1, 0.15) is 5.75 Å². The Balaban J connectivity index is 1.83. The van der Waals surface area contributed by atoms with Crippen molar-refractivity contribution >= 4 is 46.4 Å². The normalized spacial score (nSPS) is 11.5. The Morgan fingerprint density at radius 3 is 2.12 bits per heavy atom. The molecular formula is C18H20Cl2N3O3+. The van der Waals surface area contributed by atoms with Crippen molar-refractivity contribution in [3.8, 4) is 5.75 Å². The molecule has 0 spiro atoms. The van der Waals surface area contributed by atoms with Gasteiger partial charge in [0.25, 0.3) is 11.8 Å². The molecule has 3 N–H and O–H groups in total. The average molecular weight is 397 g/mol. The molecule has 0 fully saturated rings. The fraction of sp³-hybridized carbons (Fsp3) is 0.222. The summed E-state index contributed by atoms with van der Waals surface area (Å²) in [6.07, 6.45) is 0. The summed E-state index contributed by atoms with van der Waals surface area (Å²) in [7, 11) is 3.32. The van der Waals surface area contributed by atoms with Gasteiger partial charge in [-0.15, -0.1) is 0 Å². The highest BCUT2D eigenvalue weighted by Crippen LogP contribution is 2.22. The van der Waals surface area contributed by atoms with E-state index in [9.17, 15) is 9.59 Å². The zero-order valence-corrected chi connectivity index (χ0v) is 15.9. The fourth-order valence-electron chi connectivity index (χ4n) is 2.35. The first kappa shape index (κ1) is 20.0. The maximum absolute atomic E-state index is 12.1. The molecule has 1 atom stereocenters. The number of ether oxygens (including phenoxy) is 1. The predicted molar refractivity (Wildman–Crippen MR) is 103 cm³/mol. The molecule has 2 amide bonds. The smallest absolute Gasteiger partial charge is 0.279 e. The average Bonchev–Trinajstić information content (AvgIpc) is 2.53. The van der Waals surface area contributed by atoms with Gasteiger partial charge in [0.15, 0.2) is 13.1 Å². The van der Waals surface area contributed by atoms with E-state index in [1.54, 1.807) is 56.6 Å². The minimum Gasteiger partial charge on any atom is -0.497 e. The van der Waals surface area contributed by atoms with Crippen LogP contribution in [-0.2, 0) is 9.59 Å². The van der Waals surface area contributed by atoms with E-state index in [1.165, 1.54) is 0 Å². The molecule has 0 aliphatic rings. The standard InChI is InChI=1S/C18H19Cl2N3O3/c1-23(10-17(24)21-14-4-3-5-16(9-14)26-2)11-18(25)22-15-7-12(19)6-13(20)8-15/h3-9H,10-11H2,1-2H3,(H,21,24)(H,22,25)/p+1. The number of carbonyl (C=O) groups excluding carboxylic acids is 2. The predicted octanol–water partition coefficient (Wildman–Crippen LogP) is 2.09. The van der Waals surface area contributed by atoms with Crippen LogP contribution in [0.2, 0.25) is 10.0 Å². The minimum atomic E-state index is -0.241. The van der Waals surface area contributed by atoms with E-state index in [4.69, 9.17) is 27.9 Å². The lowest BCUT2D eigenvalue weighted by atomic mass is 10.3. The second-order valence-corrected chi connectivity index (χ2v) is 6.67. The summed E-state index contributed by atoms with van der Waals surface area (Å²) in [6.45, 7) is 0.261. The van der Waals surface area contributed by atoms with Gasteiger partial charge in [-0.1, -0.05) is 29.3 Å². The third-order valence-electron chi connectivity index (χ3n) is 3.42. The molecule has 0 saturated carbocycles. The number of nitrogens with one attached hydrogen (secondary N) is 3. The van der Waals surface area contributed by atoms with Gasteiger partial charge >= 0.3 is 0 Å². The number of quaternary nitrogens is 1. The van der Waals surface area contributed by atoms with Crippen LogP contribution in [0.4, 0.5) is 11.4 Å². The van der Waals surface area contributed by atoms with Crippen LogP contribution in [0.25, 0.3) is 0 Å². The molecule has 0 aromatic heterocycles. The first-order chi connectivity index (χ1) is 12.4. The SMILES string of the molecule is COc1cccc(NC(=O)C[NH+](C)CC(=O)Nc2cc(Cl)cc(Cl)c2)c1. The summed E-state index contributed by atoms with van der Waals surface area (Å²) in [5, 5.41) is 6.37. The van der Waals surface area contributed by atoms with E-state index in [0.29, 0.717) is 27.2 Å². The quantitative estimate of drug-likeness (QED) is 0.670. The lowest BCUT2D eigenvalue weighted by Gasteiger charge is -2.14. The molecule has 6 nitrogen and oxygen atoms in total. The van der Waals surface area contributed by atoms with Crippen molar-refractivity contribution in [1.82, 2.24) is 0 Å². The number of hydrogen-bond donors (Lipinski definition) is 3. The number of anilines is 2. The van der Waals surface area contributed by atoms with Gasteiger partial charge in [0.05, 0.1) is 14.2 Å². The molecule has 0 radical (unpaired) electrons. The Morgan fingerprint density at radius 1 is 0.962 bits per heavy atom. The monoisotopic (exact) mass is 396 g/mol. The molecular weight excluding hydrogens is 377 g/mol. The summed E-state index contributed by atoms with van der Waals surface area (Å²) >= 11 is 11.8. The van der Waals surface area contributed by atoms with Crippen LogP contribution in [0.15, 0.2) is 42.5 Å². The molecule has 1 unspecified atom stereocenters. The highest BCUT2D eigenvalue weighted by atomic mass is 35.5. The maximum atomic E-state index is 12.1. The van der Waals surface area contributed by atoms with Crippen LogP contribution < -0.4 is 20.3 Å². The van der Waals surface area contributed by atoms with Crippen molar-refractivity contribution in [3.05, 3.63) is 52.5 Å². The highest BCUT2D eigenvalue weighted by Gasteiger charge is 2.15. The molecule has 138 valence electrons. The van der Waals surface area contributed by atoms with Crippen molar-refractivity contribution in [2.45, 2.75) is 0 Å². The fourth-order valence-corrected chi connectivity index (χ4v) is 2.87. The van der Waals surface area contributed by atoms with Gasteiger partial charge in [-0.25, -0.2) is 0 Å². The third kappa shape index (κ3) is 6.55. The van der Waals surface area contributed by atoms with E-state index in [1.807, 2.05) is 0 Å². The first-order valence-corrected chi connectivity index (χ1v) is 8.62. The topological polar surface area (TPSA) is 71.9 Å². The summed E-state index contributed by atoms with van der Waals surface area (Å²) < 4.78 is 5.12. The van der Waals surface area contributed by atoms with Gasteiger partial charge in [0, 0.05) is 27.5 Å². The molecule has 2 aromatic carbocycles. The molecule has 0 bridgehead atoms. The maximum Gasteiger partial charge on any atom is 0.279 e. The lowest BCUT2D eigenvalue weighted by molar-refractivity contribution is -0.862. The number of halogens is 2. The van der Waals surface area contributed by atoms with Crippen molar-refractivity contribution in [2.75, 3.05) is 37.9 Å². The summed E-state index contributed by atoms with van der Waals surface area (Å²) in [6, 6.07) is 11.9. The summed E-state index contributed by atoms with van der Waals surface area (Å²) in [5.41, 5.74) is 1.15. The molecule has 2 rings (SSSR count). The number of rotatable bonds is 7. The first-order valence-electron chi connectivity index (χ1n) is 7.87. The van der Waals surface area contributed by atoms with Crippen molar-refractivity contribution in [2.24, 2.45) is 0 Å². The van der Waals surface area contributed by atoms with Crippen LogP contribution in [0, 0.1) is 0 Å². The molecule has 26 heavy (non-hydrogen) atoms. The number of benzene rings is 2. The largest absolute Gasteiger partial charge is 0.497 e. The Morgan fingerprint density at radius 2 is 1.54 bits per heavy atom. The van der Waals surface area contributed by atoms with E-state index >= 15 is 0 Å². The van der Waals surface area contributed by atoms with Gasteiger partial charge in [-0.05, 0) is 30.3 Å². The Hall–Kier alpha value is -2.28. The van der Waals surface area contributed by atoms with E-state index < -0.39 is 0 Å². The molecule has 0 aliphatic heterocycles. The molecule has 0 aliphatic carbocycles. The summed E-state index contributed by atoms with van der Waals surface area (Å²) in [5.74, 6) is 0.215. The number of likely N-dealkylation sites (N-methyl/N-ethyl adjacent to an activating group) is 1. The van der Waals surface area contributed by atoms with Crippen LogP contribution >= 0.6 is 23.2 Å². The molecule has 0 saturated heterocycles. The third-order valence-corrected chi connectivity index (χ3v) is 3.86. The minimum absolute atomic E-state index is 0.121. The molecule has 2 aromatic rings. The van der Waals surface area contributed by atoms with Crippen LogP contribution in [0.1, 0.15) is 0 Å². The zero-order valence-electron chi connectivity index (χ0n) is 14.4. The lowest BCUT2D eigenvalue weighted by Crippen LogP contribution is -3.11. The van der Waals surface area contributed by atoms with Gasteiger partial charge in [-0.3, -0.25) is 9.59 Å². The van der Waals surface area contributed by atoms with Crippen molar-refractivity contribution in [3.63, 3.8) is 0 Å². The van der Waals surface area contributed by atoms with E-state index in [0.717, 1.165) is 4.90 Å². The molecule has 0 heterocycles. The Bertz CT molecular complexity index is 779. The Labute approximate surface area is 162 Å². The van der Waals surface area contributed by atoms with Gasteiger partial charge in [0.2, 0.25) is 0 Å². The van der Waals surface area contributed by atoms with Crippen molar-refractivity contribution in [1.29, 1.82) is 0 Å². The van der Waals surface area contributed by atoms with E-state index in [-0.39, 0.29) is 24.9 Å². The van der Waals surface area contributed by atoms with Gasteiger partial charge < -0.3 is 20.3 Å². The van der Waals surface area contributed by atoms with Crippen molar-refractivity contribution < 1.29 is 19.2 Å². The number of hydrogen-bond acceptors (Lipinski definition) is 3. The zero-order chi connectivity index (χ0) is 19.1. The number of carbonyl (C=O) groups is 2. The summed E-state index contributed by atoms with van der Waals surface area (Å²) in [4.78, 5) is 24.9. The van der Waals surface area contributed by atoms with E-state index in [2.05, 4.69) is 10.6 Å². The van der Waals surface area contributed by atoms with Crippen LogP contribution in [-0.4, -0.2) is 39.1 Å². The Kier molecular flexibility index (Phi) is 7.26.